The maximum atomic E-state index is 13.4. The first-order chi connectivity index (χ1) is 18.1. The Morgan fingerprint density at radius 2 is 1.71 bits per heavy atom. The number of anilines is 1. The van der Waals surface area contributed by atoms with Crippen LogP contribution >= 0.6 is 0 Å². The predicted molar refractivity (Wildman–Crippen MR) is 147 cm³/mol. The topological polar surface area (TPSA) is 128 Å². The number of nitrogens with one attached hydrogen (secondary N) is 2. The van der Waals surface area contributed by atoms with E-state index in [1.54, 1.807) is 28.6 Å². The molecule has 0 aromatic heterocycles. The molecule has 38 heavy (non-hydrogen) atoms. The molecule has 1 saturated heterocycles. The van der Waals surface area contributed by atoms with E-state index >= 15 is 0 Å². The second-order valence-electron chi connectivity index (χ2n) is 10.3. The van der Waals surface area contributed by atoms with Crippen molar-refractivity contribution in [2.75, 3.05) is 64.1 Å². The highest BCUT2D eigenvalue weighted by molar-refractivity contribution is 7.91. The van der Waals surface area contributed by atoms with Crippen molar-refractivity contribution in [3.63, 3.8) is 0 Å². The third-order valence-electron chi connectivity index (χ3n) is 6.89. The number of hydrogen-bond donors (Lipinski definition) is 3. The molecule has 0 bridgehead atoms. The molecule has 2 atom stereocenters. The van der Waals surface area contributed by atoms with Gasteiger partial charge in [-0.15, -0.1) is 0 Å². The number of nitrogens with zero attached hydrogens (tertiary/aromatic N) is 2. The van der Waals surface area contributed by atoms with Gasteiger partial charge < -0.3 is 19.9 Å². The molecule has 1 aliphatic rings. The highest BCUT2D eigenvalue weighted by Gasteiger charge is 2.37. The molecule has 1 aliphatic heterocycles. The van der Waals surface area contributed by atoms with Crippen molar-refractivity contribution in [2.24, 2.45) is 17.8 Å². The molecule has 2 amide bonds. The van der Waals surface area contributed by atoms with Crippen molar-refractivity contribution < 1.29 is 28.0 Å². The van der Waals surface area contributed by atoms with E-state index in [2.05, 4.69) is 5.32 Å². The van der Waals surface area contributed by atoms with E-state index in [1.165, 1.54) is 0 Å². The molecule has 1 heterocycles. The molecule has 2 aromatic carbocycles. The van der Waals surface area contributed by atoms with Gasteiger partial charge in [-0.2, -0.15) is 0 Å². The van der Waals surface area contributed by atoms with Crippen molar-refractivity contribution in [3.05, 3.63) is 36.4 Å². The first-order valence-corrected chi connectivity index (χ1v) is 14.6. The Labute approximate surface area is 225 Å². The Morgan fingerprint density at radius 3 is 2.34 bits per heavy atom. The molecule has 2 aromatic rings. The fourth-order valence-electron chi connectivity index (χ4n) is 4.96. The minimum absolute atomic E-state index is 0.0513. The van der Waals surface area contributed by atoms with Crippen LogP contribution in [0.25, 0.3) is 10.8 Å². The van der Waals surface area contributed by atoms with Crippen LogP contribution in [0.5, 0.6) is 0 Å². The summed E-state index contributed by atoms with van der Waals surface area (Å²) in [4.78, 5) is 29.9. The van der Waals surface area contributed by atoms with Crippen LogP contribution < -0.4 is 15.7 Å². The summed E-state index contributed by atoms with van der Waals surface area (Å²) in [6.07, 6.45) is 0.457. The van der Waals surface area contributed by atoms with E-state index in [9.17, 15) is 23.2 Å². The summed E-state index contributed by atoms with van der Waals surface area (Å²) in [7, 11) is 0.178. The van der Waals surface area contributed by atoms with Crippen molar-refractivity contribution in [3.8, 4) is 0 Å². The summed E-state index contributed by atoms with van der Waals surface area (Å²) in [5.41, 5.74) is 2.62. The van der Waals surface area contributed by atoms with Gasteiger partial charge >= 0.3 is 0 Å². The standard InChI is InChI=1S/C27H40N4O6S/c1-19(2)17-22(27(33)31-12-14-37-15-13-31)23(26(32)29-34)18-28-11-16-38(35,36)25-10-6-7-20-21(25)8-5-9-24(20)30(3)4/h5-10,19,22-23,28,34H,11-18H2,1-4H3,(H,29,32). The van der Waals surface area contributed by atoms with Crippen LogP contribution in [0.2, 0.25) is 0 Å². The van der Waals surface area contributed by atoms with Gasteiger partial charge in [-0.05, 0) is 24.5 Å². The van der Waals surface area contributed by atoms with E-state index < -0.39 is 27.6 Å². The quantitative estimate of drug-likeness (QED) is 0.209. The molecule has 3 rings (SSSR count). The molecule has 3 N–H and O–H groups in total. The van der Waals surface area contributed by atoms with Crippen LogP contribution in [0.4, 0.5) is 5.69 Å². The van der Waals surface area contributed by atoms with Crippen molar-refractivity contribution in [2.45, 2.75) is 25.2 Å². The first kappa shape index (κ1) is 29.8. The number of amides is 2. The third-order valence-corrected chi connectivity index (χ3v) is 8.65. The number of benzene rings is 2. The molecule has 11 heteroatoms. The minimum atomic E-state index is -3.65. The minimum Gasteiger partial charge on any atom is -0.378 e. The lowest BCUT2D eigenvalue weighted by Gasteiger charge is -2.34. The molecule has 1 fully saturated rings. The Kier molecular flexibility index (Phi) is 10.5. The number of rotatable bonds is 12. The van der Waals surface area contributed by atoms with Gasteiger partial charge in [0.05, 0.1) is 35.7 Å². The average Bonchev–Trinajstić information content (AvgIpc) is 2.90. The van der Waals surface area contributed by atoms with Gasteiger partial charge in [0.1, 0.15) is 0 Å². The molecule has 210 valence electrons. The van der Waals surface area contributed by atoms with Crippen LogP contribution in [0, 0.1) is 17.8 Å². The lowest BCUT2D eigenvalue weighted by molar-refractivity contribution is -0.148. The maximum absolute atomic E-state index is 13.4. The molecule has 0 radical (unpaired) electrons. The molecular weight excluding hydrogens is 508 g/mol. The Balaban J connectivity index is 1.74. The number of carbonyl (C=O) groups is 2. The van der Waals surface area contributed by atoms with Crippen molar-refractivity contribution >= 4 is 38.1 Å². The van der Waals surface area contributed by atoms with E-state index in [0.717, 1.165) is 11.1 Å². The molecule has 10 nitrogen and oxygen atoms in total. The maximum Gasteiger partial charge on any atom is 0.248 e. The van der Waals surface area contributed by atoms with Gasteiger partial charge in [0, 0.05) is 56.7 Å². The van der Waals surface area contributed by atoms with Crippen molar-refractivity contribution in [1.29, 1.82) is 0 Å². The summed E-state index contributed by atoms with van der Waals surface area (Å²) in [5, 5.41) is 14.0. The molecule has 0 aliphatic carbocycles. The van der Waals surface area contributed by atoms with Crippen LogP contribution in [-0.2, 0) is 24.2 Å². The molecular formula is C27H40N4O6S. The monoisotopic (exact) mass is 548 g/mol. The Morgan fingerprint density at radius 1 is 1.05 bits per heavy atom. The average molecular weight is 549 g/mol. The zero-order valence-corrected chi connectivity index (χ0v) is 23.5. The predicted octanol–water partition coefficient (Wildman–Crippen LogP) is 1.91. The van der Waals surface area contributed by atoms with Crippen LogP contribution in [0.3, 0.4) is 0 Å². The molecule has 0 spiro atoms. The van der Waals surface area contributed by atoms with Gasteiger partial charge in [0.15, 0.2) is 9.84 Å². The van der Waals surface area contributed by atoms with Crippen LogP contribution in [-0.4, -0.2) is 89.6 Å². The van der Waals surface area contributed by atoms with Crippen molar-refractivity contribution in [1.82, 2.24) is 15.7 Å². The summed E-state index contributed by atoms with van der Waals surface area (Å²) in [6.45, 7) is 5.87. The zero-order chi connectivity index (χ0) is 27.9. The zero-order valence-electron chi connectivity index (χ0n) is 22.6. The molecule has 0 saturated carbocycles. The smallest absolute Gasteiger partial charge is 0.248 e. The summed E-state index contributed by atoms with van der Waals surface area (Å²) >= 11 is 0. The number of carbonyl (C=O) groups excluding carboxylic acids is 2. The normalized spacial score (nSPS) is 15.9. The van der Waals surface area contributed by atoms with Gasteiger partial charge in [-0.1, -0.05) is 38.1 Å². The first-order valence-electron chi connectivity index (χ1n) is 13.0. The summed E-state index contributed by atoms with van der Waals surface area (Å²) < 4.78 is 32.0. The second-order valence-corrected chi connectivity index (χ2v) is 12.4. The van der Waals surface area contributed by atoms with Gasteiger partial charge in [0.2, 0.25) is 11.8 Å². The molecule has 2 unspecified atom stereocenters. The second kappa shape index (κ2) is 13.4. The van der Waals surface area contributed by atoms with Crippen LogP contribution in [0.15, 0.2) is 41.3 Å². The SMILES string of the molecule is CC(C)CC(C(=O)N1CCOCC1)C(CNCCS(=O)(=O)c1cccc2c(N(C)C)cccc12)C(=O)NO. The Hall–Kier alpha value is -2.73. The largest absolute Gasteiger partial charge is 0.378 e. The number of hydrogen-bond acceptors (Lipinski definition) is 8. The highest BCUT2D eigenvalue weighted by Crippen LogP contribution is 2.30. The fraction of sp³-hybridized carbons (Fsp3) is 0.556. The number of fused-ring (bicyclic) bond motifs is 1. The van der Waals surface area contributed by atoms with Gasteiger partial charge in [-0.3, -0.25) is 14.8 Å². The van der Waals surface area contributed by atoms with E-state index in [0.29, 0.717) is 38.1 Å². The summed E-state index contributed by atoms with van der Waals surface area (Å²) in [5.74, 6) is -2.39. The van der Waals surface area contributed by atoms with E-state index in [-0.39, 0.29) is 35.6 Å². The summed E-state index contributed by atoms with van der Waals surface area (Å²) in [6, 6.07) is 10.8. The van der Waals surface area contributed by atoms with E-state index in [1.807, 2.05) is 51.0 Å². The highest BCUT2D eigenvalue weighted by atomic mass is 32.2. The number of morpholine rings is 1. The fourth-order valence-corrected chi connectivity index (χ4v) is 6.40. The number of hydroxylamine groups is 1. The van der Waals surface area contributed by atoms with Crippen LogP contribution in [0.1, 0.15) is 20.3 Å². The lowest BCUT2D eigenvalue weighted by atomic mass is 9.83. The number of sulfone groups is 1. The third kappa shape index (κ3) is 7.22. The van der Waals surface area contributed by atoms with Gasteiger partial charge in [-0.25, -0.2) is 13.9 Å². The van der Waals surface area contributed by atoms with Gasteiger partial charge in [0.25, 0.3) is 0 Å². The number of ether oxygens (including phenoxy) is 1. The Bertz CT molecular complexity index is 1210. The van der Waals surface area contributed by atoms with E-state index in [4.69, 9.17) is 4.74 Å². The lowest BCUT2D eigenvalue weighted by Crippen LogP contribution is -2.50.